The van der Waals surface area contributed by atoms with Crippen molar-refractivity contribution in [2.45, 2.75) is 13.3 Å². The lowest BCUT2D eigenvalue weighted by molar-refractivity contribution is 0.122. The van der Waals surface area contributed by atoms with E-state index < -0.39 is 0 Å². The summed E-state index contributed by atoms with van der Waals surface area (Å²) in [6.07, 6.45) is 13.5. The van der Waals surface area contributed by atoms with Crippen molar-refractivity contribution in [3.05, 3.63) is 48.0 Å². The fourth-order valence-electron chi connectivity index (χ4n) is 2.96. The van der Waals surface area contributed by atoms with Crippen LogP contribution in [0.1, 0.15) is 17.9 Å². The van der Waals surface area contributed by atoms with Crippen LogP contribution in [0.15, 0.2) is 36.4 Å². The van der Waals surface area contributed by atoms with E-state index in [0.717, 1.165) is 25.2 Å². The highest BCUT2D eigenvalue weighted by molar-refractivity contribution is 5.53. The highest BCUT2D eigenvalue weighted by Crippen LogP contribution is 2.18. The molecule has 1 aliphatic carbocycles. The van der Waals surface area contributed by atoms with Gasteiger partial charge in [-0.2, -0.15) is 20.1 Å². The lowest BCUT2D eigenvalue weighted by Gasteiger charge is -2.26. The summed E-state index contributed by atoms with van der Waals surface area (Å²) < 4.78 is 5.44. The van der Waals surface area contributed by atoms with Gasteiger partial charge >= 0.3 is 0 Å². The molecule has 1 aliphatic heterocycles. The van der Waals surface area contributed by atoms with Crippen LogP contribution in [0.25, 0.3) is 6.08 Å². The van der Waals surface area contributed by atoms with Crippen molar-refractivity contribution in [2.75, 3.05) is 36.5 Å². The zero-order valence-electron chi connectivity index (χ0n) is 15.3. The van der Waals surface area contributed by atoms with Gasteiger partial charge in [0.1, 0.15) is 0 Å². The average Bonchev–Trinajstić information content (AvgIpc) is 3.12. The molecular weight excluding hydrogens is 342 g/mol. The SMILES string of the molecule is Cc1cc(Nc2nc(/C=C/C3C=CC=CC3)nc(N3CCOCC3)n2)n[nH]1. The van der Waals surface area contributed by atoms with E-state index in [0.29, 0.717) is 42.7 Å². The van der Waals surface area contributed by atoms with E-state index in [1.165, 1.54) is 0 Å². The minimum Gasteiger partial charge on any atom is -0.378 e. The molecular formula is C19H23N7O. The molecule has 2 N–H and O–H groups in total. The number of aryl methyl sites for hydroxylation is 1. The second-order valence-corrected chi connectivity index (χ2v) is 6.55. The Bertz CT molecular complexity index is 865. The number of hydrogen-bond acceptors (Lipinski definition) is 7. The molecule has 27 heavy (non-hydrogen) atoms. The maximum atomic E-state index is 5.44. The summed E-state index contributed by atoms with van der Waals surface area (Å²) in [6.45, 7) is 4.84. The summed E-state index contributed by atoms with van der Waals surface area (Å²) in [5, 5.41) is 10.3. The van der Waals surface area contributed by atoms with Crippen molar-refractivity contribution in [1.29, 1.82) is 0 Å². The van der Waals surface area contributed by atoms with Crippen LogP contribution in [0.4, 0.5) is 17.7 Å². The largest absolute Gasteiger partial charge is 0.378 e. The van der Waals surface area contributed by atoms with Gasteiger partial charge < -0.3 is 15.0 Å². The molecule has 2 aliphatic rings. The second-order valence-electron chi connectivity index (χ2n) is 6.55. The molecule has 0 radical (unpaired) electrons. The Morgan fingerprint density at radius 3 is 2.85 bits per heavy atom. The van der Waals surface area contributed by atoms with Crippen LogP contribution < -0.4 is 10.2 Å². The first-order valence-corrected chi connectivity index (χ1v) is 9.15. The van der Waals surface area contributed by atoms with Crippen LogP contribution in [-0.2, 0) is 4.74 Å². The molecule has 0 amide bonds. The second kappa shape index (κ2) is 8.13. The molecule has 8 nitrogen and oxygen atoms in total. The first-order valence-electron chi connectivity index (χ1n) is 9.15. The van der Waals surface area contributed by atoms with E-state index in [-0.39, 0.29) is 0 Å². The Balaban J connectivity index is 1.59. The maximum Gasteiger partial charge on any atom is 0.233 e. The van der Waals surface area contributed by atoms with Crippen molar-refractivity contribution in [3.8, 4) is 0 Å². The van der Waals surface area contributed by atoms with Crippen LogP contribution in [0, 0.1) is 12.8 Å². The topological polar surface area (TPSA) is 91.8 Å². The van der Waals surface area contributed by atoms with Gasteiger partial charge in [0.2, 0.25) is 11.9 Å². The van der Waals surface area contributed by atoms with Gasteiger partial charge in [0.15, 0.2) is 11.6 Å². The van der Waals surface area contributed by atoms with E-state index in [4.69, 9.17) is 4.74 Å². The molecule has 1 atom stereocenters. The molecule has 1 unspecified atom stereocenters. The van der Waals surface area contributed by atoms with Crippen molar-refractivity contribution in [3.63, 3.8) is 0 Å². The van der Waals surface area contributed by atoms with E-state index in [9.17, 15) is 0 Å². The third kappa shape index (κ3) is 4.59. The van der Waals surface area contributed by atoms with Gasteiger partial charge in [-0.1, -0.05) is 30.4 Å². The Labute approximate surface area is 158 Å². The summed E-state index contributed by atoms with van der Waals surface area (Å²) >= 11 is 0. The lowest BCUT2D eigenvalue weighted by Crippen LogP contribution is -2.37. The Morgan fingerprint density at radius 2 is 2.11 bits per heavy atom. The summed E-state index contributed by atoms with van der Waals surface area (Å²) in [5.41, 5.74) is 0.970. The molecule has 1 saturated heterocycles. The van der Waals surface area contributed by atoms with Crippen LogP contribution in [0.2, 0.25) is 0 Å². The van der Waals surface area contributed by atoms with Crippen molar-refractivity contribution < 1.29 is 4.74 Å². The fraction of sp³-hybridized carbons (Fsp3) is 0.368. The van der Waals surface area contributed by atoms with Gasteiger partial charge in [0, 0.05) is 24.8 Å². The van der Waals surface area contributed by atoms with Crippen LogP contribution in [-0.4, -0.2) is 51.5 Å². The normalized spacial score (nSPS) is 19.7. The predicted octanol–water partition coefficient (Wildman–Crippen LogP) is 2.63. The van der Waals surface area contributed by atoms with Gasteiger partial charge in [0.05, 0.1) is 13.2 Å². The van der Waals surface area contributed by atoms with Crippen LogP contribution in [0.5, 0.6) is 0 Å². The van der Waals surface area contributed by atoms with Crippen LogP contribution >= 0.6 is 0 Å². The number of nitrogens with zero attached hydrogens (tertiary/aromatic N) is 5. The van der Waals surface area contributed by atoms with Gasteiger partial charge in [-0.15, -0.1) is 0 Å². The number of nitrogens with one attached hydrogen (secondary N) is 2. The number of ether oxygens (including phenoxy) is 1. The first kappa shape index (κ1) is 17.4. The third-order valence-electron chi connectivity index (χ3n) is 4.39. The Hall–Kier alpha value is -3.00. The minimum atomic E-state index is 0.365. The average molecular weight is 365 g/mol. The van der Waals surface area contributed by atoms with E-state index >= 15 is 0 Å². The fourth-order valence-corrected chi connectivity index (χ4v) is 2.96. The number of allylic oxidation sites excluding steroid dienone is 5. The molecule has 140 valence electrons. The van der Waals surface area contributed by atoms with Gasteiger partial charge in [-0.3, -0.25) is 5.10 Å². The standard InChI is InChI=1S/C19H23N7O/c1-14-13-17(25-24-14)21-18-20-16(8-7-15-5-3-2-4-6-15)22-19(23-18)26-9-11-27-12-10-26/h2-5,7-8,13,15H,6,9-12H2,1H3,(H2,20,21,22,23,24,25)/b8-7+. The number of anilines is 3. The Kier molecular flexibility index (Phi) is 5.24. The van der Waals surface area contributed by atoms with Gasteiger partial charge in [-0.05, 0) is 25.3 Å². The number of aromatic amines is 1. The van der Waals surface area contributed by atoms with Gasteiger partial charge in [0.25, 0.3) is 0 Å². The van der Waals surface area contributed by atoms with Crippen LogP contribution in [0.3, 0.4) is 0 Å². The molecule has 4 rings (SSSR count). The zero-order chi connectivity index (χ0) is 18.5. The molecule has 2 aromatic rings. The number of aromatic nitrogens is 5. The maximum absolute atomic E-state index is 5.44. The zero-order valence-corrected chi connectivity index (χ0v) is 15.3. The van der Waals surface area contributed by atoms with Gasteiger partial charge in [-0.25, -0.2) is 0 Å². The molecule has 8 heteroatoms. The quantitative estimate of drug-likeness (QED) is 0.841. The number of hydrogen-bond donors (Lipinski definition) is 2. The molecule has 0 bridgehead atoms. The predicted molar refractivity (Wildman–Crippen MR) is 105 cm³/mol. The summed E-state index contributed by atoms with van der Waals surface area (Å²) in [7, 11) is 0. The van der Waals surface area contributed by atoms with Crippen molar-refractivity contribution in [1.82, 2.24) is 25.1 Å². The van der Waals surface area contributed by atoms with Crippen molar-refractivity contribution >= 4 is 23.8 Å². The van der Waals surface area contributed by atoms with E-state index in [2.05, 4.69) is 65.7 Å². The minimum absolute atomic E-state index is 0.365. The highest BCUT2D eigenvalue weighted by Gasteiger charge is 2.16. The molecule has 0 saturated carbocycles. The molecule has 1 fully saturated rings. The molecule has 0 aromatic carbocycles. The molecule has 3 heterocycles. The summed E-state index contributed by atoms with van der Waals surface area (Å²) in [6, 6.07) is 1.91. The number of rotatable bonds is 5. The number of morpholine rings is 1. The lowest BCUT2D eigenvalue weighted by atomic mass is 10.0. The van der Waals surface area contributed by atoms with E-state index in [1.807, 2.05) is 19.1 Å². The Morgan fingerprint density at radius 1 is 1.22 bits per heavy atom. The monoisotopic (exact) mass is 365 g/mol. The highest BCUT2D eigenvalue weighted by atomic mass is 16.5. The smallest absolute Gasteiger partial charge is 0.233 e. The molecule has 2 aromatic heterocycles. The van der Waals surface area contributed by atoms with E-state index in [1.54, 1.807) is 0 Å². The third-order valence-corrected chi connectivity index (χ3v) is 4.39. The summed E-state index contributed by atoms with van der Waals surface area (Å²) in [5.74, 6) is 2.81. The number of H-pyrrole nitrogens is 1. The first-order chi connectivity index (χ1) is 13.3. The molecule has 0 spiro atoms. The van der Waals surface area contributed by atoms with Crippen molar-refractivity contribution in [2.24, 2.45) is 5.92 Å². The summed E-state index contributed by atoms with van der Waals surface area (Å²) in [4.78, 5) is 15.9.